The van der Waals surface area contributed by atoms with E-state index >= 15 is 0 Å². The fourth-order valence-electron chi connectivity index (χ4n) is 3.70. The summed E-state index contributed by atoms with van der Waals surface area (Å²) in [6, 6.07) is 13.7. The molecule has 7 heteroatoms. The Labute approximate surface area is 188 Å². The van der Waals surface area contributed by atoms with Crippen LogP contribution in [0, 0.1) is 5.92 Å². The quantitative estimate of drug-likeness (QED) is 0.584. The summed E-state index contributed by atoms with van der Waals surface area (Å²) in [6.07, 6.45) is 1.81. The van der Waals surface area contributed by atoms with Crippen LogP contribution < -0.4 is 10.1 Å². The fourth-order valence-corrected chi connectivity index (χ4v) is 3.70. The normalized spacial score (nSPS) is 14.1. The summed E-state index contributed by atoms with van der Waals surface area (Å²) in [5.74, 6) is 0.583. The summed E-state index contributed by atoms with van der Waals surface area (Å²) in [7, 11) is 0. The SMILES string of the molecule is CCOc1ccc(C(=O)CCC(=O)Nc2ccc(C(=O)N3CCC(CO)CC3)cc2)cc1. The van der Waals surface area contributed by atoms with Crippen LogP contribution in [0.1, 0.15) is 53.3 Å². The number of ketones is 1. The molecule has 0 aliphatic carbocycles. The second kappa shape index (κ2) is 11.4. The van der Waals surface area contributed by atoms with Gasteiger partial charge in [0.1, 0.15) is 5.75 Å². The summed E-state index contributed by atoms with van der Waals surface area (Å²) in [5.41, 5.74) is 1.70. The number of hydrogen-bond donors (Lipinski definition) is 2. The minimum absolute atomic E-state index is 0.0415. The minimum atomic E-state index is -0.255. The number of amides is 2. The largest absolute Gasteiger partial charge is 0.494 e. The van der Waals surface area contributed by atoms with Crippen molar-refractivity contribution >= 4 is 23.3 Å². The van der Waals surface area contributed by atoms with E-state index in [1.165, 1.54) is 0 Å². The fraction of sp³-hybridized carbons (Fsp3) is 0.400. The van der Waals surface area contributed by atoms with Crippen LogP contribution in [0.25, 0.3) is 0 Å². The molecule has 0 aromatic heterocycles. The number of benzene rings is 2. The van der Waals surface area contributed by atoms with Gasteiger partial charge in [0.25, 0.3) is 5.91 Å². The second-order valence-corrected chi connectivity index (χ2v) is 7.92. The number of anilines is 1. The maximum Gasteiger partial charge on any atom is 0.253 e. The van der Waals surface area contributed by atoms with E-state index in [0.29, 0.717) is 42.3 Å². The lowest BCUT2D eigenvalue weighted by atomic mass is 9.97. The highest BCUT2D eigenvalue weighted by Gasteiger charge is 2.23. The van der Waals surface area contributed by atoms with Crippen molar-refractivity contribution in [1.29, 1.82) is 0 Å². The van der Waals surface area contributed by atoms with Crippen LogP contribution in [0.5, 0.6) is 5.75 Å². The lowest BCUT2D eigenvalue weighted by molar-refractivity contribution is -0.116. The molecule has 1 aliphatic rings. The number of rotatable bonds is 9. The molecule has 3 rings (SSSR count). The van der Waals surface area contributed by atoms with Crippen LogP contribution in [-0.4, -0.2) is 53.9 Å². The maximum absolute atomic E-state index is 12.6. The lowest BCUT2D eigenvalue weighted by Gasteiger charge is -2.31. The molecule has 170 valence electrons. The van der Waals surface area contributed by atoms with Crippen molar-refractivity contribution in [1.82, 2.24) is 4.90 Å². The molecular formula is C25H30N2O5. The highest BCUT2D eigenvalue weighted by atomic mass is 16.5. The van der Waals surface area contributed by atoms with Crippen molar-refractivity contribution < 1.29 is 24.2 Å². The summed E-state index contributed by atoms with van der Waals surface area (Å²) in [4.78, 5) is 39.0. The summed E-state index contributed by atoms with van der Waals surface area (Å²) >= 11 is 0. The molecule has 2 N–H and O–H groups in total. The number of aliphatic hydroxyl groups excluding tert-OH is 1. The van der Waals surface area contributed by atoms with Crippen LogP contribution in [0.3, 0.4) is 0 Å². The third-order valence-corrected chi connectivity index (χ3v) is 5.64. The predicted octanol–water partition coefficient (Wildman–Crippen LogP) is 3.53. The molecular weight excluding hydrogens is 408 g/mol. The molecule has 7 nitrogen and oxygen atoms in total. The van der Waals surface area contributed by atoms with Crippen molar-refractivity contribution in [2.24, 2.45) is 5.92 Å². The number of carbonyl (C=O) groups is 3. The molecule has 2 aromatic carbocycles. The molecule has 0 atom stereocenters. The molecule has 32 heavy (non-hydrogen) atoms. The van der Waals surface area contributed by atoms with Crippen molar-refractivity contribution in [3.05, 3.63) is 59.7 Å². The Morgan fingerprint density at radius 3 is 2.19 bits per heavy atom. The molecule has 2 amide bonds. The van der Waals surface area contributed by atoms with Crippen LogP contribution in [0.4, 0.5) is 5.69 Å². The van der Waals surface area contributed by atoms with Gasteiger partial charge in [-0.3, -0.25) is 14.4 Å². The van der Waals surface area contributed by atoms with Crippen LogP contribution in [0.2, 0.25) is 0 Å². The van der Waals surface area contributed by atoms with E-state index in [-0.39, 0.29) is 43.0 Å². The molecule has 0 unspecified atom stereocenters. The van der Waals surface area contributed by atoms with Crippen molar-refractivity contribution in [2.45, 2.75) is 32.6 Å². The Morgan fingerprint density at radius 2 is 1.59 bits per heavy atom. The van der Waals surface area contributed by atoms with Crippen LogP contribution >= 0.6 is 0 Å². The molecule has 0 bridgehead atoms. The zero-order valence-corrected chi connectivity index (χ0v) is 18.4. The van der Waals surface area contributed by atoms with Crippen molar-refractivity contribution in [2.75, 3.05) is 31.6 Å². The Bertz CT molecular complexity index is 916. The van der Waals surface area contributed by atoms with Gasteiger partial charge in [0.05, 0.1) is 6.61 Å². The standard InChI is InChI=1S/C25H30N2O5/c1-2-32-22-9-5-19(6-10-22)23(29)11-12-24(30)26-21-7-3-20(4-8-21)25(31)27-15-13-18(17-28)14-16-27/h3-10,18,28H,2,11-17H2,1H3,(H,26,30). The molecule has 0 saturated carbocycles. The molecule has 1 heterocycles. The predicted molar refractivity (Wildman–Crippen MR) is 122 cm³/mol. The summed E-state index contributed by atoms with van der Waals surface area (Å²) in [5, 5.41) is 12.0. The van der Waals surface area contributed by atoms with Crippen molar-refractivity contribution in [3.63, 3.8) is 0 Å². The van der Waals surface area contributed by atoms with Crippen molar-refractivity contribution in [3.8, 4) is 5.75 Å². The minimum Gasteiger partial charge on any atom is -0.494 e. The molecule has 0 spiro atoms. The number of carbonyl (C=O) groups excluding carboxylic acids is 3. The van der Waals surface area contributed by atoms with Gasteiger partial charge >= 0.3 is 0 Å². The topological polar surface area (TPSA) is 95.9 Å². The first-order chi connectivity index (χ1) is 15.5. The van der Waals surface area contributed by atoms with E-state index < -0.39 is 0 Å². The van der Waals surface area contributed by atoms with E-state index in [9.17, 15) is 19.5 Å². The van der Waals surface area contributed by atoms with Gasteiger partial charge in [0.15, 0.2) is 5.78 Å². The Hall–Kier alpha value is -3.19. The average molecular weight is 439 g/mol. The summed E-state index contributed by atoms with van der Waals surface area (Å²) < 4.78 is 5.36. The van der Waals surface area contributed by atoms with E-state index in [1.807, 2.05) is 6.92 Å². The van der Waals surface area contributed by atoms with E-state index in [4.69, 9.17) is 4.74 Å². The molecule has 1 fully saturated rings. The van der Waals surface area contributed by atoms with E-state index in [1.54, 1.807) is 53.4 Å². The highest BCUT2D eigenvalue weighted by molar-refractivity contribution is 6.00. The number of nitrogens with zero attached hydrogens (tertiary/aromatic N) is 1. The van der Waals surface area contributed by atoms with E-state index in [2.05, 4.69) is 5.32 Å². The number of nitrogens with one attached hydrogen (secondary N) is 1. The lowest BCUT2D eigenvalue weighted by Crippen LogP contribution is -2.39. The number of likely N-dealkylation sites (tertiary alicyclic amines) is 1. The highest BCUT2D eigenvalue weighted by Crippen LogP contribution is 2.20. The summed E-state index contributed by atoms with van der Waals surface area (Å²) in [6.45, 7) is 3.91. The van der Waals surface area contributed by atoms with E-state index in [0.717, 1.165) is 12.8 Å². The van der Waals surface area contributed by atoms with Gasteiger partial charge in [0.2, 0.25) is 5.91 Å². The molecule has 1 saturated heterocycles. The van der Waals surface area contributed by atoms with Gasteiger partial charge in [-0.15, -0.1) is 0 Å². The monoisotopic (exact) mass is 438 g/mol. The third-order valence-electron chi connectivity index (χ3n) is 5.64. The average Bonchev–Trinajstić information content (AvgIpc) is 2.83. The number of hydrogen-bond acceptors (Lipinski definition) is 5. The zero-order chi connectivity index (χ0) is 22.9. The second-order valence-electron chi connectivity index (χ2n) is 7.92. The number of Topliss-reactive ketones (excluding diaryl/α,β-unsaturated/α-hetero) is 1. The number of ether oxygens (including phenoxy) is 1. The molecule has 1 aliphatic heterocycles. The van der Waals surface area contributed by atoms with Gasteiger partial charge in [0, 0.05) is 49.4 Å². The smallest absolute Gasteiger partial charge is 0.253 e. The zero-order valence-electron chi connectivity index (χ0n) is 18.4. The Morgan fingerprint density at radius 1 is 0.969 bits per heavy atom. The Balaban J connectivity index is 1.46. The van der Waals surface area contributed by atoms with Gasteiger partial charge in [-0.25, -0.2) is 0 Å². The molecule has 2 aromatic rings. The first kappa shape index (κ1) is 23.5. The first-order valence-electron chi connectivity index (χ1n) is 11.1. The van der Waals surface area contributed by atoms with Gasteiger partial charge < -0.3 is 20.1 Å². The van der Waals surface area contributed by atoms with Crippen LogP contribution in [-0.2, 0) is 4.79 Å². The van der Waals surface area contributed by atoms with Gasteiger partial charge in [-0.2, -0.15) is 0 Å². The third kappa shape index (κ3) is 6.40. The number of piperidine rings is 1. The van der Waals surface area contributed by atoms with Gasteiger partial charge in [-0.1, -0.05) is 0 Å². The Kier molecular flexibility index (Phi) is 8.39. The first-order valence-corrected chi connectivity index (χ1v) is 11.1. The van der Waals surface area contributed by atoms with Crippen LogP contribution in [0.15, 0.2) is 48.5 Å². The number of aliphatic hydroxyl groups is 1. The maximum atomic E-state index is 12.6. The molecule has 0 radical (unpaired) electrons. The van der Waals surface area contributed by atoms with Gasteiger partial charge in [-0.05, 0) is 74.2 Å².